The first-order valence-corrected chi connectivity index (χ1v) is 7.73. The first-order chi connectivity index (χ1) is 9.13. The van der Waals surface area contributed by atoms with E-state index in [1.54, 1.807) is 11.8 Å². The van der Waals surface area contributed by atoms with Crippen LogP contribution in [0.5, 0.6) is 0 Å². The highest BCUT2D eigenvalue weighted by molar-refractivity contribution is 7.98. The molecule has 1 heterocycles. The van der Waals surface area contributed by atoms with E-state index in [1.807, 2.05) is 0 Å². The van der Waals surface area contributed by atoms with Gasteiger partial charge in [-0.05, 0) is 31.9 Å². The summed E-state index contributed by atoms with van der Waals surface area (Å²) in [4.78, 5) is 0. The summed E-state index contributed by atoms with van der Waals surface area (Å²) in [5.41, 5.74) is 2.70. The minimum atomic E-state index is 0.407. The maximum Gasteiger partial charge on any atom is 0.191 e. The molecular weight excluding hydrogens is 254 g/mol. The van der Waals surface area contributed by atoms with Gasteiger partial charge in [0.25, 0.3) is 0 Å². The zero-order valence-electron chi connectivity index (χ0n) is 12.1. The molecule has 0 radical (unpaired) electrons. The summed E-state index contributed by atoms with van der Waals surface area (Å²) in [5.74, 6) is 2.02. The smallest absolute Gasteiger partial charge is 0.191 e. The van der Waals surface area contributed by atoms with E-state index < -0.39 is 0 Å². The van der Waals surface area contributed by atoms with E-state index in [0.717, 1.165) is 23.2 Å². The van der Waals surface area contributed by atoms with Crippen LogP contribution in [0.1, 0.15) is 43.8 Å². The number of hydrogen-bond donors (Lipinski definition) is 0. The van der Waals surface area contributed by atoms with E-state index in [-0.39, 0.29) is 0 Å². The molecule has 1 aromatic heterocycles. The van der Waals surface area contributed by atoms with Gasteiger partial charge in [0.05, 0.1) is 0 Å². The van der Waals surface area contributed by atoms with Gasteiger partial charge in [0.1, 0.15) is 5.82 Å². The summed E-state index contributed by atoms with van der Waals surface area (Å²) in [5, 5.41) is 9.63. The summed E-state index contributed by atoms with van der Waals surface area (Å²) in [6.45, 7) is 8.64. The SMILES string of the molecule is CCc1nnc(SCc2ccccc2C)n1C(C)C. The van der Waals surface area contributed by atoms with Crippen LogP contribution in [-0.4, -0.2) is 14.8 Å². The topological polar surface area (TPSA) is 30.7 Å². The lowest BCUT2D eigenvalue weighted by Crippen LogP contribution is -2.07. The van der Waals surface area contributed by atoms with E-state index in [9.17, 15) is 0 Å². The Bertz CT molecular complexity index is 546. The summed E-state index contributed by atoms with van der Waals surface area (Å²) < 4.78 is 2.24. The molecule has 19 heavy (non-hydrogen) atoms. The highest BCUT2D eigenvalue weighted by Gasteiger charge is 2.14. The molecule has 2 aromatic rings. The molecule has 0 spiro atoms. The maximum absolute atomic E-state index is 4.33. The van der Waals surface area contributed by atoms with Crippen LogP contribution >= 0.6 is 11.8 Å². The van der Waals surface area contributed by atoms with Gasteiger partial charge < -0.3 is 4.57 Å². The fourth-order valence-corrected chi connectivity index (χ4v) is 3.24. The van der Waals surface area contributed by atoms with E-state index in [2.05, 4.69) is 66.7 Å². The molecule has 0 bridgehead atoms. The predicted molar refractivity (Wildman–Crippen MR) is 80.5 cm³/mol. The minimum Gasteiger partial charge on any atom is -0.303 e. The molecule has 0 saturated carbocycles. The number of hydrogen-bond acceptors (Lipinski definition) is 3. The molecule has 3 nitrogen and oxygen atoms in total. The molecule has 2 rings (SSSR count). The molecule has 0 unspecified atom stereocenters. The van der Waals surface area contributed by atoms with Crippen LogP contribution in [0.2, 0.25) is 0 Å². The first-order valence-electron chi connectivity index (χ1n) is 6.74. The van der Waals surface area contributed by atoms with Gasteiger partial charge in [-0.2, -0.15) is 0 Å². The van der Waals surface area contributed by atoms with Crippen molar-refractivity contribution >= 4 is 11.8 Å². The van der Waals surface area contributed by atoms with E-state index in [1.165, 1.54) is 11.1 Å². The average Bonchev–Trinajstić information content (AvgIpc) is 2.81. The van der Waals surface area contributed by atoms with Crippen molar-refractivity contribution in [2.24, 2.45) is 0 Å². The Kier molecular flexibility index (Phi) is 4.64. The van der Waals surface area contributed by atoms with E-state index >= 15 is 0 Å². The summed E-state index contributed by atoms with van der Waals surface area (Å²) in [6, 6.07) is 8.91. The van der Waals surface area contributed by atoms with Crippen molar-refractivity contribution in [3.05, 3.63) is 41.2 Å². The zero-order chi connectivity index (χ0) is 13.8. The third kappa shape index (κ3) is 3.18. The lowest BCUT2D eigenvalue weighted by atomic mass is 10.1. The maximum atomic E-state index is 4.33. The lowest BCUT2D eigenvalue weighted by Gasteiger charge is -2.13. The Hall–Kier alpha value is -1.29. The molecular formula is C15H21N3S. The quantitative estimate of drug-likeness (QED) is 0.772. The second-order valence-electron chi connectivity index (χ2n) is 4.93. The van der Waals surface area contributed by atoms with Gasteiger partial charge in [-0.3, -0.25) is 0 Å². The third-order valence-corrected chi connectivity index (χ3v) is 4.18. The number of nitrogens with zero attached hydrogens (tertiary/aromatic N) is 3. The van der Waals surface area contributed by atoms with Crippen molar-refractivity contribution in [2.75, 3.05) is 0 Å². The Morgan fingerprint density at radius 1 is 1.21 bits per heavy atom. The number of benzene rings is 1. The Morgan fingerprint density at radius 2 is 1.95 bits per heavy atom. The predicted octanol–water partition coefficient (Wildman–Crippen LogP) is 4.02. The molecule has 0 fully saturated rings. The highest BCUT2D eigenvalue weighted by atomic mass is 32.2. The molecule has 0 aliphatic heterocycles. The van der Waals surface area contributed by atoms with Crippen LogP contribution in [0.15, 0.2) is 29.4 Å². The van der Waals surface area contributed by atoms with Gasteiger partial charge in [-0.15, -0.1) is 10.2 Å². The van der Waals surface area contributed by atoms with E-state index in [4.69, 9.17) is 0 Å². The lowest BCUT2D eigenvalue weighted by molar-refractivity contribution is 0.528. The van der Waals surface area contributed by atoms with Crippen molar-refractivity contribution in [2.45, 2.75) is 51.1 Å². The second kappa shape index (κ2) is 6.24. The van der Waals surface area contributed by atoms with Crippen LogP contribution in [0.4, 0.5) is 0 Å². The Labute approximate surface area is 119 Å². The Balaban J connectivity index is 2.16. The molecule has 0 amide bonds. The average molecular weight is 275 g/mol. The van der Waals surface area contributed by atoms with Crippen molar-refractivity contribution in [3.8, 4) is 0 Å². The minimum absolute atomic E-state index is 0.407. The van der Waals surface area contributed by atoms with Crippen molar-refractivity contribution in [1.82, 2.24) is 14.8 Å². The number of aromatic nitrogens is 3. The second-order valence-corrected chi connectivity index (χ2v) is 5.87. The Morgan fingerprint density at radius 3 is 2.58 bits per heavy atom. The third-order valence-electron chi connectivity index (χ3n) is 3.19. The molecule has 0 N–H and O–H groups in total. The van der Waals surface area contributed by atoms with Gasteiger partial charge in [0.15, 0.2) is 5.16 Å². The molecule has 4 heteroatoms. The zero-order valence-corrected chi connectivity index (χ0v) is 12.9. The number of aryl methyl sites for hydroxylation is 2. The molecule has 0 aliphatic carbocycles. The highest BCUT2D eigenvalue weighted by Crippen LogP contribution is 2.26. The van der Waals surface area contributed by atoms with Crippen LogP contribution in [-0.2, 0) is 12.2 Å². The van der Waals surface area contributed by atoms with Crippen LogP contribution in [0, 0.1) is 6.92 Å². The van der Waals surface area contributed by atoms with Gasteiger partial charge in [-0.25, -0.2) is 0 Å². The van der Waals surface area contributed by atoms with Gasteiger partial charge in [-0.1, -0.05) is 43.0 Å². The van der Waals surface area contributed by atoms with Crippen LogP contribution in [0.3, 0.4) is 0 Å². The molecule has 0 aliphatic rings. The normalized spacial score (nSPS) is 11.2. The molecule has 1 aromatic carbocycles. The van der Waals surface area contributed by atoms with Crippen molar-refractivity contribution in [3.63, 3.8) is 0 Å². The molecule has 0 saturated heterocycles. The number of rotatable bonds is 5. The fourth-order valence-electron chi connectivity index (χ4n) is 2.08. The monoisotopic (exact) mass is 275 g/mol. The van der Waals surface area contributed by atoms with Gasteiger partial charge in [0, 0.05) is 18.2 Å². The molecule has 0 atom stereocenters. The summed E-state index contributed by atoms with van der Waals surface area (Å²) in [6.07, 6.45) is 0.927. The van der Waals surface area contributed by atoms with E-state index in [0.29, 0.717) is 6.04 Å². The standard InChI is InChI=1S/C15H21N3S/c1-5-14-16-17-15(18(14)11(2)3)19-10-13-9-7-6-8-12(13)4/h6-9,11H,5,10H2,1-4H3. The van der Waals surface area contributed by atoms with Crippen LogP contribution < -0.4 is 0 Å². The van der Waals surface area contributed by atoms with Gasteiger partial charge >= 0.3 is 0 Å². The van der Waals surface area contributed by atoms with Crippen molar-refractivity contribution < 1.29 is 0 Å². The molecule has 102 valence electrons. The summed E-state index contributed by atoms with van der Waals surface area (Å²) in [7, 11) is 0. The summed E-state index contributed by atoms with van der Waals surface area (Å²) >= 11 is 1.77. The van der Waals surface area contributed by atoms with Gasteiger partial charge in [0.2, 0.25) is 0 Å². The van der Waals surface area contributed by atoms with Crippen LogP contribution in [0.25, 0.3) is 0 Å². The van der Waals surface area contributed by atoms with Crippen molar-refractivity contribution in [1.29, 1.82) is 0 Å². The number of thioether (sulfide) groups is 1. The first kappa shape index (κ1) is 14.1. The fraction of sp³-hybridized carbons (Fsp3) is 0.467. The largest absolute Gasteiger partial charge is 0.303 e.